The van der Waals surface area contributed by atoms with Gasteiger partial charge in [-0.25, -0.2) is 5.43 Å². The summed E-state index contributed by atoms with van der Waals surface area (Å²) in [6.45, 7) is 5.91. The average molecular weight is 298 g/mol. The molecule has 4 nitrogen and oxygen atoms in total. The Kier molecular flexibility index (Phi) is 5.15. The number of carbonyl (C=O) groups is 1. The lowest BCUT2D eigenvalue weighted by atomic mass is 10.0. The predicted octanol–water partition coefficient (Wildman–Crippen LogP) is 3.73. The van der Waals surface area contributed by atoms with E-state index in [1.807, 2.05) is 57.2 Å². The van der Waals surface area contributed by atoms with Gasteiger partial charge in [0.1, 0.15) is 5.75 Å². The lowest BCUT2D eigenvalue weighted by molar-refractivity contribution is -0.121. The number of hydrazone groups is 1. The third kappa shape index (κ3) is 3.64. The molecule has 2 aromatic carbocycles. The van der Waals surface area contributed by atoms with Gasteiger partial charge in [0.05, 0.1) is 12.8 Å². The lowest BCUT2D eigenvalue weighted by Gasteiger charge is -2.10. The summed E-state index contributed by atoms with van der Waals surface area (Å²) in [6, 6.07) is 11.9. The molecule has 0 aromatic heterocycles. The lowest BCUT2D eigenvalue weighted by Crippen LogP contribution is -2.20. The third-order valence-electron chi connectivity index (χ3n) is 3.44. The van der Waals surface area contributed by atoms with Crippen LogP contribution in [0, 0.1) is 5.92 Å². The van der Waals surface area contributed by atoms with E-state index in [-0.39, 0.29) is 5.91 Å². The van der Waals surface area contributed by atoms with Crippen molar-refractivity contribution >= 4 is 22.4 Å². The largest absolute Gasteiger partial charge is 0.496 e. The van der Waals surface area contributed by atoms with Crippen molar-refractivity contribution in [2.75, 3.05) is 7.11 Å². The van der Waals surface area contributed by atoms with Gasteiger partial charge in [-0.2, -0.15) is 5.10 Å². The van der Waals surface area contributed by atoms with E-state index < -0.39 is 0 Å². The molecule has 22 heavy (non-hydrogen) atoms. The van der Waals surface area contributed by atoms with Gasteiger partial charge in [0.2, 0.25) is 5.91 Å². The van der Waals surface area contributed by atoms with Crippen molar-refractivity contribution in [1.29, 1.82) is 0 Å². The highest BCUT2D eigenvalue weighted by Crippen LogP contribution is 2.28. The van der Waals surface area contributed by atoms with Crippen LogP contribution in [0.15, 0.2) is 41.5 Å². The van der Waals surface area contributed by atoms with Crippen LogP contribution in [0.1, 0.15) is 32.8 Å². The Morgan fingerprint density at radius 1 is 1.18 bits per heavy atom. The van der Waals surface area contributed by atoms with E-state index in [1.54, 1.807) is 7.11 Å². The van der Waals surface area contributed by atoms with Gasteiger partial charge in [0.15, 0.2) is 0 Å². The Labute approximate surface area is 131 Å². The SMILES string of the molecule is COc1ccc(/C(C)=N\NC(=O)CC(C)C)c2ccccc12. The summed E-state index contributed by atoms with van der Waals surface area (Å²) in [6.07, 6.45) is 0.472. The summed E-state index contributed by atoms with van der Waals surface area (Å²) in [7, 11) is 1.66. The van der Waals surface area contributed by atoms with Crippen LogP contribution >= 0.6 is 0 Å². The molecule has 4 heteroatoms. The van der Waals surface area contributed by atoms with Crippen molar-refractivity contribution in [1.82, 2.24) is 5.43 Å². The van der Waals surface area contributed by atoms with Gasteiger partial charge in [0.25, 0.3) is 0 Å². The van der Waals surface area contributed by atoms with E-state index in [0.29, 0.717) is 12.3 Å². The smallest absolute Gasteiger partial charge is 0.240 e. The molecule has 0 unspecified atom stereocenters. The van der Waals surface area contributed by atoms with Gasteiger partial charge in [-0.15, -0.1) is 0 Å². The van der Waals surface area contributed by atoms with Gasteiger partial charge in [-0.3, -0.25) is 4.79 Å². The number of nitrogens with zero attached hydrogens (tertiary/aromatic N) is 1. The standard InChI is InChI=1S/C18H22N2O2/c1-12(2)11-18(21)20-19-13(3)14-9-10-17(22-4)16-8-6-5-7-15(14)16/h5-10,12H,11H2,1-4H3,(H,20,21)/b19-13-. The van der Waals surface area contributed by atoms with Gasteiger partial charge in [0, 0.05) is 17.4 Å². The molecule has 0 atom stereocenters. The van der Waals surface area contributed by atoms with E-state index in [4.69, 9.17) is 4.74 Å². The van der Waals surface area contributed by atoms with Crippen LogP contribution < -0.4 is 10.2 Å². The molecule has 116 valence electrons. The maximum Gasteiger partial charge on any atom is 0.240 e. The molecule has 0 saturated carbocycles. The molecule has 2 aromatic rings. The monoisotopic (exact) mass is 298 g/mol. The van der Waals surface area contributed by atoms with Crippen LogP contribution in [0.25, 0.3) is 10.8 Å². The minimum absolute atomic E-state index is 0.0628. The fourth-order valence-corrected chi connectivity index (χ4v) is 2.39. The quantitative estimate of drug-likeness (QED) is 0.675. The zero-order chi connectivity index (χ0) is 16.1. The number of hydrogen-bond donors (Lipinski definition) is 1. The molecule has 0 saturated heterocycles. The number of nitrogens with one attached hydrogen (secondary N) is 1. The number of carbonyl (C=O) groups excluding carboxylic acids is 1. The minimum Gasteiger partial charge on any atom is -0.496 e. The fraction of sp³-hybridized carbons (Fsp3) is 0.333. The van der Waals surface area contributed by atoms with Crippen LogP contribution in [-0.4, -0.2) is 18.7 Å². The summed E-state index contributed by atoms with van der Waals surface area (Å²) in [5, 5.41) is 6.32. The van der Waals surface area contributed by atoms with E-state index in [0.717, 1.165) is 27.8 Å². The first-order valence-electron chi connectivity index (χ1n) is 7.42. The molecule has 0 radical (unpaired) electrons. The number of methoxy groups -OCH3 is 1. The van der Waals surface area contributed by atoms with Gasteiger partial charge < -0.3 is 4.74 Å². The van der Waals surface area contributed by atoms with Crippen LogP contribution in [0.2, 0.25) is 0 Å². The summed E-state index contributed by atoms with van der Waals surface area (Å²) in [5.74, 6) is 1.08. The molecule has 0 aliphatic carbocycles. The molecular weight excluding hydrogens is 276 g/mol. The zero-order valence-electron chi connectivity index (χ0n) is 13.5. The molecule has 0 aliphatic rings. The average Bonchev–Trinajstić information content (AvgIpc) is 2.51. The number of amides is 1. The van der Waals surface area contributed by atoms with Crippen LogP contribution in [0.5, 0.6) is 5.75 Å². The van der Waals surface area contributed by atoms with Crippen molar-refractivity contribution in [2.24, 2.45) is 11.0 Å². The summed E-state index contributed by atoms with van der Waals surface area (Å²) in [5.41, 5.74) is 4.38. The Hall–Kier alpha value is -2.36. The highest BCUT2D eigenvalue weighted by Gasteiger charge is 2.09. The molecule has 0 bridgehead atoms. The second-order valence-corrected chi connectivity index (χ2v) is 5.69. The Bertz CT molecular complexity index is 705. The van der Waals surface area contributed by atoms with E-state index >= 15 is 0 Å². The first-order chi connectivity index (χ1) is 10.5. The zero-order valence-corrected chi connectivity index (χ0v) is 13.5. The van der Waals surface area contributed by atoms with Crippen molar-refractivity contribution in [2.45, 2.75) is 27.2 Å². The second-order valence-electron chi connectivity index (χ2n) is 5.69. The first-order valence-corrected chi connectivity index (χ1v) is 7.42. The molecule has 2 rings (SSSR count). The normalized spacial score (nSPS) is 11.8. The number of rotatable bonds is 5. The van der Waals surface area contributed by atoms with Gasteiger partial charge in [-0.1, -0.05) is 38.1 Å². The maximum atomic E-state index is 11.7. The predicted molar refractivity (Wildman–Crippen MR) is 90.3 cm³/mol. The fourth-order valence-electron chi connectivity index (χ4n) is 2.39. The molecule has 0 heterocycles. The first kappa shape index (κ1) is 16.0. The highest BCUT2D eigenvalue weighted by atomic mass is 16.5. The Morgan fingerprint density at radius 2 is 1.86 bits per heavy atom. The molecular formula is C18H22N2O2. The van der Waals surface area contributed by atoms with E-state index in [2.05, 4.69) is 10.5 Å². The molecule has 0 fully saturated rings. The van der Waals surface area contributed by atoms with Crippen molar-refractivity contribution in [3.05, 3.63) is 42.0 Å². The molecule has 1 N–H and O–H groups in total. The maximum absolute atomic E-state index is 11.7. The van der Waals surface area contributed by atoms with Crippen molar-refractivity contribution in [3.63, 3.8) is 0 Å². The van der Waals surface area contributed by atoms with E-state index in [9.17, 15) is 4.79 Å². The van der Waals surface area contributed by atoms with E-state index in [1.165, 1.54) is 0 Å². The van der Waals surface area contributed by atoms with Crippen LogP contribution in [0.4, 0.5) is 0 Å². The molecule has 0 spiro atoms. The molecule has 1 amide bonds. The second kappa shape index (κ2) is 7.07. The topological polar surface area (TPSA) is 50.7 Å². The summed E-state index contributed by atoms with van der Waals surface area (Å²) >= 11 is 0. The third-order valence-corrected chi connectivity index (χ3v) is 3.44. The van der Waals surface area contributed by atoms with Gasteiger partial charge >= 0.3 is 0 Å². The number of benzene rings is 2. The van der Waals surface area contributed by atoms with Gasteiger partial charge in [-0.05, 0) is 30.4 Å². The summed E-state index contributed by atoms with van der Waals surface area (Å²) in [4.78, 5) is 11.7. The highest BCUT2D eigenvalue weighted by molar-refractivity contribution is 6.11. The number of hydrogen-bond acceptors (Lipinski definition) is 3. The van der Waals surface area contributed by atoms with Crippen molar-refractivity contribution in [3.8, 4) is 5.75 Å². The number of fused-ring (bicyclic) bond motifs is 1. The van der Waals surface area contributed by atoms with Crippen LogP contribution in [0.3, 0.4) is 0 Å². The van der Waals surface area contributed by atoms with Crippen LogP contribution in [-0.2, 0) is 4.79 Å². The minimum atomic E-state index is -0.0628. The van der Waals surface area contributed by atoms with Crippen molar-refractivity contribution < 1.29 is 9.53 Å². The molecule has 0 aliphatic heterocycles. The Balaban J connectivity index is 2.32. The Morgan fingerprint density at radius 3 is 2.50 bits per heavy atom. The summed E-state index contributed by atoms with van der Waals surface area (Å²) < 4.78 is 5.39. The number of ether oxygens (including phenoxy) is 1.